The molecule has 1 amide bonds. The van der Waals surface area contributed by atoms with Crippen LogP contribution < -0.4 is 19.5 Å². The van der Waals surface area contributed by atoms with E-state index in [2.05, 4.69) is 10.3 Å². The van der Waals surface area contributed by atoms with E-state index in [0.717, 1.165) is 11.6 Å². The van der Waals surface area contributed by atoms with E-state index in [1.807, 2.05) is 0 Å². The van der Waals surface area contributed by atoms with Crippen LogP contribution in [0.2, 0.25) is 0 Å². The van der Waals surface area contributed by atoms with E-state index < -0.39 is 17.6 Å². The summed E-state index contributed by atoms with van der Waals surface area (Å²) in [5.41, 5.74) is 1.51. The minimum Gasteiger partial charge on any atom is -0.493 e. The third kappa shape index (κ3) is 3.32. The zero-order chi connectivity index (χ0) is 21.4. The molecule has 1 aliphatic heterocycles. The summed E-state index contributed by atoms with van der Waals surface area (Å²) in [6, 6.07) is 6.63. The molecule has 30 heavy (non-hydrogen) atoms. The SMILES string of the molecule is COc1cc([C@H]2CC(=O)Nc3c2ncn3-c2cc(F)cc(F)c2)cc(OC)c1OC. The fourth-order valence-corrected chi connectivity index (χ4v) is 3.66. The molecule has 0 spiro atoms. The fourth-order valence-electron chi connectivity index (χ4n) is 3.66. The van der Waals surface area contributed by atoms with Gasteiger partial charge in [-0.1, -0.05) is 0 Å². The second-order valence-electron chi connectivity index (χ2n) is 6.74. The number of aromatic nitrogens is 2. The monoisotopic (exact) mass is 415 g/mol. The Bertz CT molecular complexity index is 1080. The van der Waals surface area contributed by atoms with E-state index in [-0.39, 0.29) is 18.0 Å². The van der Waals surface area contributed by atoms with Crippen molar-refractivity contribution in [3.8, 4) is 22.9 Å². The number of rotatable bonds is 5. The number of ether oxygens (including phenoxy) is 3. The molecular formula is C21H19F2N3O4. The zero-order valence-electron chi connectivity index (χ0n) is 16.5. The first kappa shape index (κ1) is 19.7. The third-order valence-electron chi connectivity index (χ3n) is 4.99. The van der Waals surface area contributed by atoms with Crippen molar-refractivity contribution in [2.75, 3.05) is 26.6 Å². The summed E-state index contributed by atoms with van der Waals surface area (Å²) in [5, 5.41) is 2.75. The van der Waals surface area contributed by atoms with Gasteiger partial charge in [0.1, 0.15) is 23.8 Å². The quantitative estimate of drug-likeness (QED) is 0.689. The van der Waals surface area contributed by atoms with Crippen molar-refractivity contribution in [3.05, 3.63) is 59.6 Å². The smallest absolute Gasteiger partial charge is 0.226 e. The number of nitrogens with one attached hydrogen (secondary N) is 1. The van der Waals surface area contributed by atoms with Gasteiger partial charge in [-0.25, -0.2) is 13.8 Å². The van der Waals surface area contributed by atoms with Crippen LogP contribution in [0.1, 0.15) is 23.6 Å². The van der Waals surface area contributed by atoms with Crippen molar-refractivity contribution in [2.45, 2.75) is 12.3 Å². The van der Waals surface area contributed by atoms with Gasteiger partial charge in [0.15, 0.2) is 11.5 Å². The predicted molar refractivity (Wildman–Crippen MR) is 105 cm³/mol. The third-order valence-corrected chi connectivity index (χ3v) is 4.99. The van der Waals surface area contributed by atoms with Crippen LogP contribution in [0.15, 0.2) is 36.7 Å². The highest BCUT2D eigenvalue weighted by Gasteiger charge is 2.32. The van der Waals surface area contributed by atoms with E-state index in [1.165, 1.54) is 44.4 Å². The summed E-state index contributed by atoms with van der Waals surface area (Å²) in [4.78, 5) is 16.9. The van der Waals surface area contributed by atoms with E-state index in [1.54, 1.807) is 12.1 Å². The van der Waals surface area contributed by atoms with Gasteiger partial charge in [-0.2, -0.15) is 0 Å². The number of carbonyl (C=O) groups is 1. The molecule has 156 valence electrons. The standard InChI is InChI=1S/C21H19F2N3O4/c1-28-16-4-11(5-17(29-2)20(16)30-3)15-9-18(27)25-21-19(15)24-10-26(21)14-7-12(22)6-13(23)8-14/h4-8,10,15H,9H2,1-3H3,(H,25,27)/t15-/m1/s1. The maximum atomic E-state index is 13.7. The summed E-state index contributed by atoms with van der Waals surface area (Å²) in [6.45, 7) is 0. The van der Waals surface area contributed by atoms with Crippen LogP contribution in [-0.4, -0.2) is 36.8 Å². The van der Waals surface area contributed by atoms with Gasteiger partial charge < -0.3 is 19.5 Å². The lowest BCUT2D eigenvalue weighted by Gasteiger charge is -2.24. The number of halogens is 2. The Balaban J connectivity index is 1.84. The van der Waals surface area contributed by atoms with Crippen LogP contribution in [0.3, 0.4) is 0 Å². The van der Waals surface area contributed by atoms with Crippen molar-refractivity contribution in [3.63, 3.8) is 0 Å². The van der Waals surface area contributed by atoms with Gasteiger partial charge in [0.05, 0.1) is 32.7 Å². The Kier molecular flexibility index (Phi) is 5.03. The van der Waals surface area contributed by atoms with Crippen LogP contribution in [0.5, 0.6) is 17.2 Å². The van der Waals surface area contributed by atoms with Gasteiger partial charge in [0.25, 0.3) is 0 Å². The minimum absolute atomic E-state index is 0.139. The molecule has 0 unspecified atom stereocenters. The van der Waals surface area contributed by atoms with Crippen LogP contribution in [-0.2, 0) is 4.79 Å². The number of nitrogens with zero attached hydrogens (tertiary/aromatic N) is 2. The molecule has 1 atom stereocenters. The van der Waals surface area contributed by atoms with Gasteiger partial charge in [-0.15, -0.1) is 0 Å². The second kappa shape index (κ2) is 7.66. The van der Waals surface area contributed by atoms with Crippen molar-refractivity contribution >= 4 is 11.7 Å². The molecule has 3 aromatic rings. The number of anilines is 1. The maximum Gasteiger partial charge on any atom is 0.226 e. The van der Waals surface area contributed by atoms with Crippen molar-refractivity contribution in [1.82, 2.24) is 9.55 Å². The molecule has 2 aromatic carbocycles. The molecule has 1 aromatic heterocycles. The lowest BCUT2D eigenvalue weighted by molar-refractivity contribution is -0.116. The van der Waals surface area contributed by atoms with Crippen LogP contribution >= 0.6 is 0 Å². The molecule has 0 saturated carbocycles. The van der Waals surface area contributed by atoms with Crippen molar-refractivity contribution in [2.24, 2.45) is 0 Å². The zero-order valence-corrected chi connectivity index (χ0v) is 16.5. The Labute approximate surface area is 171 Å². The molecule has 4 rings (SSSR count). The molecule has 0 bridgehead atoms. The summed E-state index contributed by atoms with van der Waals surface area (Å²) in [6.07, 6.45) is 1.57. The number of methoxy groups -OCH3 is 3. The Morgan fingerprint density at radius 2 is 1.63 bits per heavy atom. The number of carbonyl (C=O) groups excluding carboxylic acids is 1. The summed E-state index contributed by atoms with van der Waals surface area (Å²) in [5.74, 6) is -0.425. The number of imidazole rings is 1. The summed E-state index contributed by atoms with van der Waals surface area (Å²) >= 11 is 0. The van der Waals surface area contributed by atoms with Gasteiger partial charge in [0, 0.05) is 18.4 Å². The topological polar surface area (TPSA) is 74.6 Å². The normalized spacial score (nSPS) is 15.4. The highest BCUT2D eigenvalue weighted by Crippen LogP contribution is 2.44. The summed E-state index contributed by atoms with van der Waals surface area (Å²) < 4.78 is 45.0. The molecule has 7 nitrogen and oxygen atoms in total. The van der Waals surface area contributed by atoms with Gasteiger partial charge in [0.2, 0.25) is 11.7 Å². The van der Waals surface area contributed by atoms with E-state index in [9.17, 15) is 13.6 Å². The molecule has 0 radical (unpaired) electrons. The predicted octanol–water partition coefficient (Wildman–Crippen LogP) is 3.65. The van der Waals surface area contributed by atoms with Gasteiger partial charge in [-0.05, 0) is 29.8 Å². The Morgan fingerprint density at radius 1 is 1.00 bits per heavy atom. The van der Waals surface area contributed by atoms with E-state index in [0.29, 0.717) is 28.8 Å². The molecule has 2 heterocycles. The lowest BCUT2D eigenvalue weighted by atomic mass is 9.89. The number of hydrogen-bond acceptors (Lipinski definition) is 5. The van der Waals surface area contributed by atoms with Crippen LogP contribution in [0, 0.1) is 11.6 Å². The van der Waals surface area contributed by atoms with Crippen LogP contribution in [0.25, 0.3) is 5.69 Å². The molecular weight excluding hydrogens is 396 g/mol. The molecule has 9 heteroatoms. The number of fused-ring (bicyclic) bond motifs is 1. The van der Waals surface area contributed by atoms with Crippen molar-refractivity contribution < 1.29 is 27.8 Å². The fraction of sp³-hybridized carbons (Fsp3) is 0.238. The highest BCUT2D eigenvalue weighted by atomic mass is 19.1. The number of amides is 1. The van der Waals surface area contributed by atoms with Gasteiger partial charge >= 0.3 is 0 Å². The first-order chi connectivity index (χ1) is 14.4. The molecule has 0 aliphatic carbocycles. The number of benzene rings is 2. The maximum absolute atomic E-state index is 13.7. The number of hydrogen-bond donors (Lipinski definition) is 1. The van der Waals surface area contributed by atoms with Crippen molar-refractivity contribution in [1.29, 1.82) is 0 Å². The minimum atomic E-state index is -0.726. The van der Waals surface area contributed by atoms with E-state index >= 15 is 0 Å². The largest absolute Gasteiger partial charge is 0.493 e. The Morgan fingerprint density at radius 3 is 2.20 bits per heavy atom. The lowest BCUT2D eigenvalue weighted by Crippen LogP contribution is -2.25. The van der Waals surface area contributed by atoms with Crippen LogP contribution in [0.4, 0.5) is 14.6 Å². The van der Waals surface area contributed by atoms with Gasteiger partial charge in [-0.3, -0.25) is 9.36 Å². The van der Waals surface area contributed by atoms with E-state index in [4.69, 9.17) is 14.2 Å². The average Bonchev–Trinajstić information content (AvgIpc) is 3.15. The molecule has 1 N–H and O–H groups in total. The molecule has 1 aliphatic rings. The Hall–Kier alpha value is -3.62. The molecule has 0 saturated heterocycles. The second-order valence-corrected chi connectivity index (χ2v) is 6.74. The summed E-state index contributed by atoms with van der Waals surface area (Å²) in [7, 11) is 4.52. The first-order valence-corrected chi connectivity index (χ1v) is 9.08. The average molecular weight is 415 g/mol. The highest BCUT2D eigenvalue weighted by molar-refractivity contribution is 5.94. The first-order valence-electron chi connectivity index (χ1n) is 9.08. The molecule has 0 fully saturated rings.